The molecule has 0 saturated carbocycles. The SMILES string of the molecule is O[C@H]1[C@H](O)[C@@H](O)CN(CCC(F)(F)CCCOCc2csc(-c3ccc(F)c(F)c3F)n2)C[C@@H]1O. The molecule has 0 unspecified atom stereocenters. The minimum atomic E-state index is -3.04. The number of aliphatic hydroxyl groups is 4. The van der Waals surface area contributed by atoms with E-state index in [1.54, 1.807) is 5.38 Å². The third kappa shape index (κ3) is 7.38. The van der Waals surface area contributed by atoms with Crippen molar-refractivity contribution < 1.29 is 47.1 Å². The maximum Gasteiger partial charge on any atom is 0.249 e. The Bertz CT molecular complexity index is 966. The van der Waals surface area contributed by atoms with Crippen LogP contribution in [0.25, 0.3) is 10.6 Å². The van der Waals surface area contributed by atoms with Gasteiger partial charge in [-0.05, 0) is 18.6 Å². The second-order valence-electron chi connectivity index (χ2n) is 8.50. The Morgan fingerprint density at radius 2 is 1.66 bits per heavy atom. The normalized spacial score (nSPS) is 24.0. The van der Waals surface area contributed by atoms with Crippen LogP contribution in [-0.4, -0.2) is 86.9 Å². The molecule has 1 aliphatic rings. The first-order valence-corrected chi connectivity index (χ1v) is 11.8. The maximum absolute atomic E-state index is 14.3. The molecule has 1 aromatic heterocycles. The van der Waals surface area contributed by atoms with Crippen LogP contribution in [0.5, 0.6) is 0 Å². The molecule has 1 aliphatic heterocycles. The first-order chi connectivity index (χ1) is 16.5. The fourth-order valence-electron chi connectivity index (χ4n) is 3.70. The molecule has 4 N–H and O–H groups in total. The Balaban J connectivity index is 1.40. The van der Waals surface area contributed by atoms with E-state index in [-0.39, 0.29) is 49.8 Å². The quantitative estimate of drug-likeness (QED) is 0.214. The summed E-state index contributed by atoms with van der Waals surface area (Å²) in [6, 6.07) is 1.88. The van der Waals surface area contributed by atoms with E-state index in [1.807, 2.05) is 0 Å². The van der Waals surface area contributed by atoms with Gasteiger partial charge in [0.2, 0.25) is 5.92 Å². The molecule has 4 atom stereocenters. The molecule has 13 heteroatoms. The van der Waals surface area contributed by atoms with Crippen LogP contribution in [0.4, 0.5) is 22.0 Å². The molecule has 1 fully saturated rings. The minimum Gasteiger partial charge on any atom is -0.389 e. The number of alkyl halides is 2. The molecule has 1 aromatic carbocycles. The molecule has 196 valence electrons. The Morgan fingerprint density at radius 3 is 2.31 bits per heavy atom. The van der Waals surface area contributed by atoms with Crippen molar-refractivity contribution in [1.82, 2.24) is 9.88 Å². The van der Waals surface area contributed by atoms with Gasteiger partial charge in [0, 0.05) is 50.0 Å². The van der Waals surface area contributed by atoms with Gasteiger partial charge in [-0.2, -0.15) is 0 Å². The van der Waals surface area contributed by atoms with Crippen molar-refractivity contribution in [2.24, 2.45) is 0 Å². The lowest BCUT2D eigenvalue weighted by atomic mass is 10.1. The lowest BCUT2D eigenvalue weighted by molar-refractivity contribution is -0.0894. The van der Waals surface area contributed by atoms with Crippen molar-refractivity contribution in [3.8, 4) is 10.6 Å². The molecular weight excluding hydrogens is 499 g/mol. The third-order valence-electron chi connectivity index (χ3n) is 5.72. The van der Waals surface area contributed by atoms with E-state index in [9.17, 15) is 42.4 Å². The molecule has 0 radical (unpaired) electrons. The second kappa shape index (κ2) is 12.0. The number of rotatable bonds is 10. The molecule has 2 heterocycles. The summed E-state index contributed by atoms with van der Waals surface area (Å²) in [4.78, 5) is 5.47. The van der Waals surface area contributed by atoms with E-state index in [4.69, 9.17) is 4.74 Å². The lowest BCUT2D eigenvalue weighted by Gasteiger charge is -2.25. The number of aromatic nitrogens is 1. The van der Waals surface area contributed by atoms with Crippen LogP contribution < -0.4 is 0 Å². The molecule has 2 aromatic rings. The highest BCUT2D eigenvalue weighted by Gasteiger charge is 2.37. The number of nitrogens with zero attached hydrogens (tertiary/aromatic N) is 2. The summed E-state index contributed by atoms with van der Waals surface area (Å²) in [5.41, 5.74) is 0.205. The zero-order valence-corrected chi connectivity index (χ0v) is 19.4. The van der Waals surface area contributed by atoms with Gasteiger partial charge >= 0.3 is 0 Å². The third-order valence-corrected chi connectivity index (χ3v) is 6.65. The van der Waals surface area contributed by atoms with Gasteiger partial charge in [0.15, 0.2) is 17.5 Å². The number of aliphatic hydroxyl groups excluding tert-OH is 4. The molecular formula is C22H27F5N2O5S. The summed E-state index contributed by atoms with van der Waals surface area (Å²) in [5, 5.41) is 40.7. The number of benzene rings is 1. The van der Waals surface area contributed by atoms with E-state index < -0.39 is 60.6 Å². The van der Waals surface area contributed by atoms with Gasteiger partial charge in [0.25, 0.3) is 0 Å². The average Bonchev–Trinajstić information content (AvgIpc) is 3.25. The van der Waals surface area contributed by atoms with Crippen LogP contribution in [-0.2, 0) is 11.3 Å². The van der Waals surface area contributed by atoms with Crippen molar-refractivity contribution in [2.75, 3.05) is 26.2 Å². The van der Waals surface area contributed by atoms with E-state index in [2.05, 4.69) is 4.98 Å². The van der Waals surface area contributed by atoms with Crippen LogP contribution in [0.15, 0.2) is 17.5 Å². The van der Waals surface area contributed by atoms with Gasteiger partial charge in [0.1, 0.15) is 17.2 Å². The molecule has 0 aliphatic carbocycles. The van der Waals surface area contributed by atoms with Crippen molar-refractivity contribution in [3.63, 3.8) is 0 Å². The molecule has 3 rings (SSSR count). The van der Waals surface area contributed by atoms with E-state index in [0.29, 0.717) is 5.69 Å². The molecule has 7 nitrogen and oxygen atoms in total. The number of hydrogen-bond donors (Lipinski definition) is 4. The van der Waals surface area contributed by atoms with E-state index >= 15 is 0 Å². The van der Waals surface area contributed by atoms with Crippen molar-refractivity contribution in [2.45, 2.75) is 56.2 Å². The Kier molecular flexibility index (Phi) is 9.54. The van der Waals surface area contributed by atoms with Crippen molar-refractivity contribution in [1.29, 1.82) is 0 Å². The van der Waals surface area contributed by atoms with Crippen molar-refractivity contribution >= 4 is 11.3 Å². The smallest absolute Gasteiger partial charge is 0.249 e. The Morgan fingerprint density at radius 1 is 1.00 bits per heavy atom. The van der Waals surface area contributed by atoms with Gasteiger partial charge in [-0.15, -0.1) is 11.3 Å². The number of β-amino-alcohol motifs (C(OH)–C–C–N with tert-alkyl or cyclic N) is 2. The van der Waals surface area contributed by atoms with Crippen LogP contribution in [0, 0.1) is 17.5 Å². The molecule has 1 saturated heterocycles. The zero-order chi connectivity index (χ0) is 25.8. The highest BCUT2D eigenvalue weighted by Crippen LogP contribution is 2.29. The minimum absolute atomic E-state index is 0.00150. The Labute approximate surface area is 202 Å². The summed E-state index contributed by atoms with van der Waals surface area (Å²) in [5.74, 6) is -7.27. The van der Waals surface area contributed by atoms with Gasteiger partial charge in [0.05, 0.1) is 24.5 Å². The van der Waals surface area contributed by atoms with E-state index in [0.717, 1.165) is 23.5 Å². The Hall–Kier alpha value is -1.74. The molecule has 0 bridgehead atoms. The van der Waals surface area contributed by atoms with Gasteiger partial charge in [-0.1, -0.05) is 0 Å². The fraction of sp³-hybridized carbons (Fsp3) is 0.591. The van der Waals surface area contributed by atoms with Crippen LogP contribution in [0.2, 0.25) is 0 Å². The van der Waals surface area contributed by atoms with Crippen LogP contribution in [0.1, 0.15) is 25.0 Å². The standard InChI is InChI=1S/C22H27F5N2O5S/c23-14-3-2-13(17(24)18(14)25)21-28-12(11-35-21)10-34-7-1-4-22(26,27)5-6-29-8-15(30)19(32)20(33)16(31)9-29/h2-3,11,15-16,19-20,30-33H,1,4-10H2/t15-,16-,19+,20+/m0/s1. The monoisotopic (exact) mass is 526 g/mol. The predicted octanol–water partition coefficient (Wildman–Crippen LogP) is 2.31. The summed E-state index contributed by atoms with van der Waals surface area (Å²) in [6.07, 6.45) is -6.84. The molecule has 35 heavy (non-hydrogen) atoms. The highest BCUT2D eigenvalue weighted by molar-refractivity contribution is 7.13. The number of thiazole rings is 1. The molecule has 0 spiro atoms. The zero-order valence-electron chi connectivity index (χ0n) is 18.6. The van der Waals surface area contributed by atoms with Gasteiger partial charge in [-0.25, -0.2) is 26.9 Å². The number of hydrogen-bond acceptors (Lipinski definition) is 8. The number of likely N-dealkylation sites (tertiary alicyclic amines) is 1. The fourth-order valence-corrected chi connectivity index (χ4v) is 4.52. The van der Waals surface area contributed by atoms with Crippen LogP contribution >= 0.6 is 11.3 Å². The summed E-state index contributed by atoms with van der Waals surface area (Å²) >= 11 is 1.01. The lowest BCUT2D eigenvalue weighted by Crippen LogP contribution is -2.43. The summed E-state index contributed by atoms with van der Waals surface area (Å²) in [6.45, 7) is -0.482. The predicted molar refractivity (Wildman–Crippen MR) is 116 cm³/mol. The summed E-state index contributed by atoms with van der Waals surface area (Å²) in [7, 11) is 0. The second-order valence-corrected chi connectivity index (χ2v) is 9.36. The first-order valence-electron chi connectivity index (χ1n) is 11.0. The topological polar surface area (TPSA) is 106 Å². The van der Waals surface area contributed by atoms with Crippen LogP contribution in [0.3, 0.4) is 0 Å². The highest BCUT2D eigenvalue weighted by atomic mass is 32.1. The average molecular weight is 527 g/mol. The van der Waals surface area contributed by atoms with Gasteiger partial charge in [-0.3, -0.25) is 4.90 Å². The number of halogens is 5. The summed E-state index contributed by atoms with van der Waals surface area (Å²) < 4.78 is 74.2. The van der Waals surface area contributed by atoms with Crippen molar-refractivity contribution in [3.05, 3.63) is 40.7 Å². The van der Waals surface area contributed by atoms with Gasteiger partial charge < -0.3 is 25.2 Å². The number of ether oxygens (including phenoxy) is 1. The first kappa shape index (κ1) is 27.8. The molecule has 0 amide bonds. The maximum atomic E-state index is 14.3. The van der Waals surface area contributed by atoms with E-state index in [1.165, 1.54) is 4.90 Å². The largest absolute Gasteiger partial charge is 0.389 e.